The fraction of sp³-hybridized carbons (Fsp3) is 0.400. The number of ketones is 1. The summed E-state index contributed by atoms with van der Waals surface area (Å²) in [5, 5.41) is 1.86. The Bertz CT molecular complexity index is 1420. The van der Waals surface area contributed by atoms with E-state index in [0.717, 1.165) is 6.26 Å². The van der Waals surface area contributed by atoms with Crippen LogP contribution in [0.3, 0.4) is 0 Å². The van der Waals surface area contributed by atoms with E-state index in [9.17, 15) is 22.4 Å². The van der Waals surface area contributed by atoms with Gasteiger partial charge in [0.05, 0.1) is 30.9 Å². The van der Waals surface area contributed by atoms with Crippen molar-refractivity contribution in [3.63, 3.8) is 0 Å². The van der Waals surface area contributed by atoms with E-state index < -0.39 is 20.4 Å². The van der Waals surface area contributed by atoms with Gasteiger partial charge in [0.1, 0.15) is 10.6 Å². The van der Waals surface area contributed by atoms with Crippen LogP contribution < -0.4 is 5.56 Å². The van der Waals surface area contributed by atoms with Crippen molar-refractivity contribution in [3.8, 4) is 11.1 Å². The van der Waals surface area contributed by atoms with Gasteiger partial charge in [-0.2, -0.15) is 5.06 Å². The molecule has 0 N–H and O–H groups in total. The normalized spacial score (nSPS) is 13.8. The summed E-state index contributed by atoms with van der Waals surface area (Å²) in [7, 11) is -0.460. The maximum Gasteiger partial charge on any atom is 0.261 e. The molecule has 10 heteroatoms. The highest BCUT2D eigenvalue weighted by Gasteiger charge is 2.41. The first kappa shape index (κ1) is 26.7. The zero-order chi connectivity index (χ0) is 26.0. The predicted octanol–water partition coefficient (Wildman–Crippen LogP) is 3.37. The maximum atomic E-state index is 14.6. The number of hydrogen-bond donors (Lipinski definition) is 0. The summed E-state index contributed by atoms with van der Waals surface area (Å²) < 4.78 is 38.9. The van der Waals surface area contributed by atoms with E-state index in [1.54, 1.807) is 44.3 Å². The Morgan fingerprint density at radius 3 is 2.46 bits per heavy atom. The van der Waals surface area contributed by atoms with Crippen molar-refractivity contribution >= 4 is 26.5 Å². The molecule has 8 nitrogen and oxygen atoms in total. The molecule has 0 bridgehead atoms. The molecule has 0 saturated carbocycles. The number of benzene rings is 2. The van der Waals surface area contributed by atoms with Gasteiger partial charge in [0.25, 0.3) is 5.56 Å². The first-order valence-electron chi connectivity index (χ1n) is 11.2. The van der Waals surface area contributed by atoms with Crippen molar-refractivity contribution < 1.29 is 22.4 Å². The summed E-state index contributed by atoms with van der Waals surface area (Å²) in [4.78, 5) is 34.8. The summed E-state index contributed by atoms with van der Waals surface area (Å²) in [6, 6.07) is 9.95. The van der Waals surface area contributed by atoms with Crippen LogP contribution in [0, 0.1) is 5.82 Å². The fourth-order valence-electron chi connectivity index (χ4n) is 3.90. The topological polar surface area (TPSA) is 98.6 Å². The van der Waals surface area contributed by atoms with Gasteiger partial charge in [-0.1, -0.05) is 25.1 Å². The number of fused-ring (bicyclic) bond motifs is 1. The van der Waals surface area contributed by atoms with Gasteiger partial charge >= 0.3 is 0 Å². The molecular formula is C25H30FN3O5S. The van der Waals surface area contributed by atoms with Crippen LogP contribution in [0.25, 0.3) is 22.0 Å². The molecule has 1 aromatic heterocycles. The van der Waals surface area contributed by atoms with Gasteiger partial charge in [-0.3, -0.25) is 14.2 Å². The number of sulfone groups is 1. The third-order valence-corrected chi connectivity index (χ3v) is 8.54. The van der Waals surface area contributed by atoms with E-state index >= 15 is 0 Å². The number of rotatable bonds is 10. The lowest BCUT2D eigenvalue weighted by molar-refractivity contribution is -0.121. The Morgan fingerprint density at radius 2 is 1.86 bits per heavy atom. The molecule has 1 atom stereocenters. The zero-order valence-corrected chi connectivity index (χ0v) is 21.4. The molecule has 2 aromatic carbocycles. The van der Waals surface area contributed by atoms with Crippen LogP contribution in [-0.4, -0.2) is 54.0 Å². The molecule has 0 spiro atoms. The van der Waals surface area contributed by atoms with Gasteiger partial charge < -0.3 is 4.84 Å². The number of halogens is 1. The minimum atomic E-state index is -3.68. The highest BCUT2D eigenvalue weighted by Crippen LogP contribution is 2.26. The van der Waals surface area contributed by atoms with Crippen LogP contribution in [0.5, 0.6) is 0 Å². The molecule has 0 aliphatic heterocycles. The Morgan fingerprint density at radius 1 is 1.20 bits per heavy atom. The second-order valence-corrected chi connectivity index (χ2v) is 11.2. The van der Waals surface area contributed by atoms with Crippen LogP contribution in [-0.2, 0) is 32.6 Å². The molecule has 188 valence electrons. The van der Waals surface area contributed by atoms with Crippen LogP contribution in [0.15, 0.2) is 47.5 Å². The summed E-state index contributed by atoms with van der Waals surface area (Å²) in [5.74, 6) is -0.760. The third kappa shape index (κ3) is 5.50. The molecule has 0 aliphatic rings. The van der Waals surface area contributed by atoms with Gasteiger partial charge in [0, 0.05) is 31.8 Å². The van der Waals surface area contributed by atoms with Gasteiger partial charge in [-0.05, 0) is 42.7 Å². The van der Waals surface area contributed by atoms with Crippen molar-refractivity contribution in [3.05, 3.63) is 64.5 Å². The first-order chi connectivity index (χ1) is 16.4. The van der Waals surface area contributed by atoms with E-state index in [4.69, 9.17) is 4.84 Å². The monoisotopic (exact) mass is 503 g/mol. The molecule has 0 amide bonds. The first-order valence-corrected chi connectivity index (χ1v) is 13.1. The summed E-state index contributed by atoms with van der Waals surface area (Å²) in [6.45, 7) is 3.34. The lowest BCUT2D eigenvalue weighted by Crippen LogP contribution is -2.44. The number of carbonyl (C=O) groups excluding carboxylic acids is 1. The molecule has 0 radical (unpaired) electrons. The molecule has 0 unspecified atom stereocenters. The second kappa shape index (κ2) is 10.3. The van der Waals surface area contributed by atoms with E-state index in [2.05, 4.69) is 4.98 Å². The van der Waals surface area contributed by atoms with E-state index in [1.807, 2.05) is 0 Å². The lowest BCUT2D eigenvalue weighted by Gasteiger charge is -2.26. The summed E-state index contributed by atoms with van der Waals surface area (Å²) in [5.41, 5.74) is 1.92. The van der Waals surface area contributed by atoms with Crippen LogP contribution in [0.4, 0.5) is 4.39 Å². The molecule has 0 saturated heterocycles. The van der Waals surface area contributed by atoms with Gasteiger partial charge in [-0.15, -0.1) is 0 Å². The molecule has 0 fully saturated rings. The van der Waals surface area contributed by atoms with Gasteiger partial charge in [-0.25, -0.2) is 17.8 Å². The zero-order valence-electron chi connectivity index (χ0n) is 20.5. The van der Waals surface area contributed by atoms with Crippen molar-refractivity contribution in [2.75, 3.05) is 20.4 Å². The second-order valence-electron chi connectivity index (χ2n) is 8.78. The van der Waals surface area contributed by atoms with Gasteiger partial charge in [0.15, 0.2) is 15.6 Å². The lowest BCUT2D eigenvalue weighted by atomic mass is 9.99. The number of Topliss-reactive ketones (excluding diaryl/α,β-unsaturated/α-hetero) is 1. The smallest absolute Gasteiger partial charge is 0.261 e. The molecule has 3 aromatic rings. The van der Waals surface area contributed by atoms with Gasteiger partial charge in [0.2, 0.25) is 0 Å². The van der Waals surface area contributed by atoms with Crippen molar-refractivity contribution in [2.45, 2.75) is 44.5 Å². The minimum absolute atomic E-state index is 0.0292. The molecular weight excluding hydrogens is 473 g/mol. The summed E-state index contributed by atoms with van der Waals surface area (Å²) >= 11 is 0. The average molecular weight is 504 g/mol. The highest BCUT2D eigenvalue weighted by molar-refractivity contribution is 7.92. The molecule has 35 heavy (non-hydrogen) atoms. The standard InChI is InChI=1S/C25H30FN3O5S/c1-6-23(30)25(2,35(5,32)33)11-12-29-16-27-22-14-18(9-10-20(22)24(29)31)17-7-8-19(21(26)13-17)15-28(3)34-4/h7-10,13-14,16H,6,11-12,15H2,1-5H3/t25-/m1/s1. The average Bonchev–Trinajstić information content (AvgIpc) is 2.83. The third-order valence-electron chi connectivity index (χ3n) is 6.48. The van der Waals surface area contributed by atoms with Crippen molar-refractivity contribution in [1.29, 1.82) is 0 Å². The quantitative estimate of drug-likeness (QED) is 0.391. The van der Waals surface area contributed by atoms with E-state index in [1.165, 1.54) is 36.1 Å². The fourth-order valence-corrected chi connectivity index (χ4v) is 4.92. The number of carbonyl (C=O) groups is 1. The van der Waals surface area contributed by atoms with Crippen LogP contribution in [0.2, 0.25) is 0 Å². The Labute approximate surface area is 204 Å². The SMILES string of the molecule is CCC(=O)[C@@](C)(CCn1cnc2cc(-c3ccc(CN(C)OC)c(F)c3)ccc2c1=O)S(C)(=O)=O. The number of aromatic nitrogens is 2. The van der Waals surface area contributed by atoms with Crippen molar-refractivity contribution in [2.24, 2.45) is 0 Å². The molecule has 0 aliphatic carbocycles. The maximum absolute atomic E-state index is 14.6. The Balaban J connectivity index is 1.90. The Hall–Kier alpha value is -2.95. The van der Waals surface area contributed by atoms with Crippen molar-refractivity contribution in [1.82, 2.24) is 14.6 Å². The number of hydroxylamine groups is 2. The Kier molecular flexibility index (Phi) is 7.88. The minimum Gasteiger partial charge on any atom is -0.302 e. The highest BCUT2D eigenvalue weighted by atomic mass is 32.2. The summed E-state index contributed by atoms with van der Waals surface area (Å²) in [6.07, 6.45) is 2.43. The number of aryl methyl sites for hydroxylation is 1. The van der Waals surface area contributed by atoms with E-state index in [0.29, 0.717) is 34.1 Å². The van der Waals surface area contributed by atoms with Crippen LogP contribution >= 0.6 is 0 Å². The van der Waals surface area contributed by atoms with Crippen LogP contribution in [0.1, 0.15) is 32.3 Å². The molecule has 3 rings (SSSR count). The molecule has 1 heterocycles. The number of hydrogen-bond acceptors (Lipinski definition) is 7. The largest absolute Gasteiger partial charge is 0.302 e. The number of nitrogens with zero attached hydrogens (tertiary/aromatic N) is 3. The van der Waals surface area contributed by atoms with E-state index in [-0.39, 0.29) is 30.8 Å². The predicted molar refractivity (Wildman–Crippen MR) is 133 cm³/mol.